The second kappa shape index (κ2) is 8.75. The van der Waals surface area contributed by atoms with E-state index < -0.39 is 0 Å². The van der Waals surface area contributed by atoms with Gasteiger partial charge < -0.3 is 15.3 Å². The van der Waals surface area contributed by atoms with Gasteiger partial charge in [0.05, 0.1) is 23.4 Å². The number of amides is 1. The van der Waals surface area contributed by atoms with Gasteiger partial charge in [-0.1, -0.05) is 12.1 Å². The number of hydrogen-bond acceptors (Lipinski definition) is 5. The number of piperidine rings is 1. The number of aromatic amines is 1. The molecule has 7 rings (SSSR count). The Hall–Kier alpha value is -3.16. The first-order valence-corrected chi connectivity index (χ1v) is 14.0. The van der Waals surface area contributed by atoms with Gasteiger partial charge in [0.15, 0.2) is 0 Å². The van der Waals surface area contributed by atoms with Crippen LogP contribution in [0, 0.1) is 5.92 Å². The molecule has 4 heterocycles. The van der Waals surface area contributed by atoms with E-state index in [1.54, 1.807) is 11.3 Å². The van der Waals surface area contributed by atoms with Crippen molar-refractivity contribution in [1.82, 2.24) is 15.5 Å². The molecule has 2 bridgehead atoms. The van der Waals surface area contributed by atoms with Crippen molar-refractivity contribution in [2.24, 2.45) is 5.92 Å². The number of aromatic nitrogens is 2. The Bertz CT molecular complexity index is 1380. The molecule has 0 radical (unpaired) electrons. The van der Waals surface area contributed by atoms with Crippen LogP contribution in [0.3, 0.4) is 0 Å². The Kier molecular flexibility index (Phi) is 5.36. The largest absolute Gasteiger partial charge is 0.393 e. The molecule has 3 aliphatic rings. The van der Waals surface area contributed by atoms with Gasteiger partial charge in [-0.05, 0) is 97.2 Å². The smallest absolute Gasteiger partial charge is 0.251 e. The first-order valence-electron chi connectivity index (χ1n) is 13.0. The van der Waals surface area contributed by atoms with Crippen molar-refractivity contribution in [1.29, 1.82) is 0 Å². The predicted molar refractivity (Wildman–Crippen MR) is 143 cm³/mol. The zero-order valence-corrected chi connectivity index (χ0v) is 20.9. The van der Waals surface area contributed by atoms with Crippen LogP contribution in [0.4, 0.5) is 5.69 Å². The molecule has 1 saturated carbocycles. The zero-order chi connectivity index (χ0) is 24.2. The molecule has 0 spiro atoms. The van der Waals surface area contributed by atoms with E-state index in [2.05, 4.69) is 61.5 Å². The quantitative estimate of drug-likeness (QED) is 0.320. The summed E-state index contributed by atoms with van der Waals surface area (Å²) in [5, 5.41) is 26.3. The molecule has 1 amide bonds. The molecular formula is C29H30N4O2S. The number of carbonyl (C=O) groups is 1. The van der Waals surface area contributed by atoms with Crippen LogP contribution in [0.5, 0.6) is 0 Å². The van der Waals surface area contributed by atoms with Crippen LogP contribution in [0.25, 0.3) is 22.2 Å². The number of benzene rings is 2. The molecular weight excluding hydrogens is 468 g/mol. The first kappa shape index (κ1) is 22.1. The van der Waals surface area contributed by atoms with E-state index in [0.717, 1.165) is 47.8 Å². The van der Waals surface area contributed by atoms with Crippen molar-refractivity contribution in [2.45, 2.75) is 62.8 Å². The van der Waals surface area contributed by atoms with Crippen molar-refractivity contribution in [2.75, 3.05) is 4.90 Å². The summed E-state index contributed by atoms with van der Waals surface area (Å²) in [5.41, 5.74) is 5.90. The lowest BCUT2D eigenvalue weighted by molar-refractivity contribution is 0.0932. The van der Waals surface area contributed by atoms with Gasteiger partial charge in [0.2, 0.25) is 0 Å². The highest BCUT2D eigenvalue weighted by Crippen LogP contribution is 2.42. The fourth-order valence-corrected chi connectivity index (χ4v) is 7.01. The molecule has 2 aromatic carbocycles. The number of nitrogens with one attached hydrogen (secondary N) is 2. The molecule has 3 N–H and O–H groups in total. The third-order valence-corrected chi connectivity index (χ3v) is 8.96. The fraction of sp³-hybridized carbons (Fsp3) is 0.379. The number of hydrogen-bond donors (Lipinski definition) is 3. The van der Waals surface area contributed by atoms with Gasteiger partial charge in [-0.2, -0.15) is 16.4 Å². The van der Waals surface area contributed by atoms with Gasteiger partial charge in [0.25, 0.3) is 5.91 Å². The van der Waals surface area contributed by atoms with Crippen molar-refractivity contribution >= 4 is 33.8 Å². The van der Waals surface area contributed by atoms with Gasteiger partial charge in [-0.3, -0.25) is 9.89 Å². The van der Waals surface area contributed by atoms with E-state index in [-0.39, 0.29) is 18.1 Å². The Labute approximate surface area is 214 Å². The van der Waals surface area contributed by atoms with Crippen LogP contribution in [0.1, 0.15) is 60.5 Å². The van der Waals surface area contributed by atoms with E-state index in [9.17, 15) is 9.90 Å². The topological polar surface area (TPSA) is 81.2 Å². The maximum Gasteiger partial charge on any atom is 0.251 e. The second-order valence-electron chi connectivity index (χ2n) is 10.6. The Morgan fingerprint density at radius 2 is 1.83 bits per heavy atom. The normalized spacial score (nSPS) is 24.2. The van der Waals surface area contributed by atoms with E-state index in [0.29, 0.717) is 23.6 Å². The highest BCUT2D eigenvalue weighted by Gasteiger charge is 2.40. The van der Waals surface area contributed by atoms with Gasteiger partial charge >= 0.3 is 0 Å². The average Bonchev–Trinajstić information content (AvgIpc) is 3.29. The first-order chi connectivity index (χ1) is 17.6. The summed E-state index contributed by atoms with van der Waals surface area (Å²) in [6.45, 7) is 0. The highest BCUT2D eigenvalue weighted by molar-refractivity contribution is 7.08. The van der Waals surface area contributed by atoms with Crippen molar-refractivity contribution in [3.8, 4) is 11.3 Å². The summed E-state index contributed by atoms with van der Waals surface area (Å²) in [7, 11) is 0. The molecule has 36 heavy (non-hydrogen) atoms. The Morgan fingerprint density at radius 3 is 2.53 bits per heavy atom. The second-order valence-corrected chi connectivity index (χ2v) is 11.4. The molecule has 7 heteroatoms. The molecule has 1 aliphatic carbocycles. The van der Waals surface area contributed by atoms with Crippen LogP contribution < -0.4 is 10.2 Å². The summed E-state index contributed by atoms with van der Waals surface area (Å²) in [6, 6.07) is 17.5. The SMILES string of the molecule is O=C(NC(c1ccsc1)C1CC1)c1ccc2[nH]nc(-c3ccc(N4[C@@H]5CC[C@H]4CC(O)C5)cc3)c2c1. The monoisotopic (exact) mass is 498 g/mol. The molecule has 6 nitrogen and oxygen atoms in total. The summed E-state index contributed by atoms with van der Waals surface area (Å²) in [6.07, 6.45) is 6.22. The van der Waals surface area contributed by atoms with Crippen LogP contribution in [-0.2, 0) is 0 Å². The number of nitrogens with zero attached hydrogens (tertiary/aromatic N) is 2. The van der Waals surface area contributed by atoms with E-state index >= 15 is 0 Å². The van der Waals surface area contributed by atoms with Gasteiger partial charge in [0, 0.05) is 34.3 Å². The fourth-order valence-electron chi connectivity index (χ4n) is 6.32. The molecule has 2 unspecified atom stereocenters. The highest BCUT2D eigenvalue weighted by atomic mass is 32.1. The number of rotatable bonds is 6. The van der Waals surface area contributed by atoms with E-state index in [4.69, 9.17) is 0 Å². The number of anilines is 1. The van der Waals surface area contributed by atoms with Gasteiger partial charge in [-0.25, -0.2) is 0 Å². The number of thiophene rings is 1. The lowest BCUT2D eigenvalue weighted by atomic mass is 9.98. The number of aliphatic hydroxyl groups is 1. The lowest BCUT2D eigenvalue weighted by Gasteiger charge is -2.39. The third kappa shape index (κ3) is 3.91. The minimum Gasteiger partial charge on any atom is -0.393 e. The summed E-state index contributed by atoms with van der Waals surface area (Å²) >= 11 is 1.67. The predicted octanol–water partition coefficient (Wildman–Crippen LogP) is 5.66. The molecule has 184 valence electrons. The van der Waals surface area contributed by atoms with E-state index in [1.807, 2.05) is 18.2 Å². The minimum absolute atomic E-state index is 0.0368. The van der Waals surface area contributed by atoms with Gasteiger partial charge in [0.1, 0.15) is 0 Å². The van der Waals surface area contributed by atoms with Gasteiger partial charge in [-0.15, -0.1) is 0 Å². The zero-order valence-electron chi connectivity index (χ0n) is 20.1. The van der Waals surface area contributed by atoms with Crippen LogP contribution in [0.2, 0.25) is 0 Å². The summed E-state index contributed by atoms with van der Waals surface area (Å²) in [4.78, 5) is 15.7. The number of H-pyrrole nitrogens is 1. The lowest BCUT2D eigenvalue weighted by Crippen LogP contribution is -2.44. The molecule has 2 aliphatic heterocycles. The Balaban J connectivity index is 1.14. The summed E-state index contributed by atoms with van der Waals surface area (Å²) in [5.74, 6) is 0.499. The molecule has 2 aromatic heterocycles. The molecule has 3 fully saturated rings. The summed E-state index contributed by atoms with van der Waals surface area (Å²) < 4.78 is 0. The number of aliphatic hydroxyl groups excluding tert-OH is 1. The molecule has 4 atom stereocenters. The third-order valence-electron chi connectivity index (χ3n) is 8.25. The van der Waals surface area contributed by atoms with Crippen LogP contribution in [-0.4, -0.2) is 39.4 Å². The number of fused-ring (bicyclic) bond motifs is 3. The van der Waals surface area contributed by atoms with Crippen LogP contribution >= 0.6 is 11.3 Å². The van der Waals surface area contributed by atoms with E-state index in [1.165, 1.54) is 24.1 Å². The van der Waals surface area contributed by atoms with Crippen LogP contribution in [0.15, 0.2) is 59.3 Å². The maximum absolute atomic E-state index is 13.2. The standard InChI is InChI=1S/C29H30N4O2S/c34-24-14-22-8-9-23(15-24)33(22)21-6-3-18(4-7-21)28-25-13-19(5-10-26(25)31-32-28)29(35)30-27(17-1-2-17)20-11-12-36-16-20/h3-7,10-13,16-17,22-24,27,34H,1-2,8-9,14-15H2,(H,30,35)(H,31,32)/t22-,23+,24?,27?. The van der Waals surface area contributed by atoms with Crippen molar-refractivity contribution in [3.63, 3.8) is 0 Å². The van der Waals surface area contributed by atoms with Crippen molar-refractivity contribution in [3.05, 3.63) is 70.4 Å². The molecule has 4 aromatic rings. The average molecular weight is 499 g/mol. The Morgan fingerprint density at radius 1 is 1.06 bits per heavy atom. The minimum atomic E-state index is -0.162. The maximum atomic E-state index is 13.2. The van der Waals surface area contributed by atoms with Crippen molar-refractivity contribution < 1.29 is 9.90 Å². The molecule has 2 saturated heterocycles. The number of carbonyl (C=O) groups excluding carboxylic acids is 1.